The minimum absolute atomic E-state index is 0.0704. The van der Waals surface area contributed by atoms with E-state index in [1.165, 1.54) is 10.9 Å². The van der Waals surface area contributed by atoms with Crippen molar-refractivity contribution in [2.45, 2.75) is 19.6 Å². The highest BCUT2D eigenvalue weighted by molar-refractivity contribution is 6.05. The third-order valence-corrected chi connectivity index (χ3v) is 6.18. The second kappa shape index (κ2) is 9.40. The number of nitrogens with one attached hydrogen (secondary N) is 1. The summed E-state index contributed by atoms with van der Waals surface area (Å²) in [5.74, 6) is 1.69. The van der Waals surface area contributed by atoms with Gasteiger partial charge in [0.05, 0.1) is 31.1 Å². The number of amides is 1. The number of rotatable bonds is 6. The molecule has 1 atom stereocenters. The van der Waals surface area contributed by atoms with Crippen molar-refractivity contribution < 1.29 is 19.0 Å². The predicted octanol–water partition coefficient (Wildman–Crippen LogP) is 4.42. The Balaban J connectivity index is 1.24. The molecule has 0 aliphatic carbocycles. The number of carbonyl (C=O) groups is 1. The zero-order valence-corrected chi connectivity index (χ0v) is 20.6. The topological polar surface area (TPSA) is 110 Å². The molecule has 0 unspecified atom stereocenters. The SMILES string of the molecule is COc1ccc2c(Oc3ccc(NC(=O)c4c5n(n(-c6ccccc6)c4=O)C[C@@H](C)O5)nc3)ccnc2c1. The number of anilines is 1. The number of aromatic nitrogens is 4. The molecule has 10 nitrogen and oxygen atoms in total. The van der Waals surface area contributed by atoms with Crippen LogP contribution in [-0.2, 0) is 6.54 Å². The highest BCUT2D eigenvalue weighted by atomic mass is 16.5. The largest absolute Gasteiger partial charge is 0.497 e. The molecule has 5 aromatic rings. The number of pyridine rings is 2. The molecule has 0 saturated heterocycles. The average molecular weight is 510 g/mol. The van der Waals surface area contributed by atoms with Crippen molar-refractivity contribution in [2.75, 3.05) is 12.4 Å². The van der Waals surface area contributed by atoms with Gasteiger partial charge < -0.3 is 19.5 Å². The van der Waals surface area contributed by atoms with Gasteiger partial charge >= 0.3 is 0 Å². The van der Waals surface area contributed by atoms with E-state index in [1.54, 1.807) is 36.2 Å². The van der Waals surface area contributed by atoms with E-state index in [4.69, 9.17) is 14.2 Å². The average Bonchev–Trinajstić information content (AvgIpc) is 3.42. The highest BCUT2D eigenvalue weighted by Gasteiger charge is 2.33. The Morgan fingerprint density at radius 1 is 1.05 bits per heavy atom. The number of ether oxygens (including phenoxy) is 3. The van der Waals surface area contributed by atoms with E-state index in [0.29, 0.717) is 29.5 Å². The lowest BCUT2D eigenvalue weighted by molar-refractivity contribution is 0.102. The third kappa shape index (κ3) is 4.11. The van der Waals surface area contributed by atoms with Crippen LogP contribution in [0.2, 0.25) is 0 Å². The Hall–Kier alpha value is -5.12. The van der Waals surface area contributed by atoms with Crippen LogP contribution in [0, 0.1) is 0 Å². The van der Waals surface area contributed by atoms with Crippen LogP contribution in [0.1, 0.15) is 17.3 Å². The standard InChI is InChI=1S/C28H23N5O5/c1-17-16-32-28(37-17)25(27(35)33(32)18-6-4-3-5-7-18)26(34)31-24-11-9-20(15-30-24)38-23-12-13-29-22-14-19(36-2)8-10-21(22)23/h3-15,17H,16H2,1-2H3,(H,30,31,34)/t17-/m1/s1. The molecule has 2 aromatic carbocycles. The predicted molar refractivity (Wildman–Crippen MR) is 141 cm³/mol. The molecule has 0 bridgehead atoms. The number of fused-ring (bicyclic) bond motifs is 2. The number of para-hydroxylation sites is 1. The monoisotopic (exact) mass is 509 g/mol. The van der Waals surface area contributed by atoms with Crippen molar-refractivity contribution in [2.24, 2.45) is 0 Å². The molecule has 1 aliphatic heterocycles. The third-order valence-electron chi connectivity index (χ3n) is 6.18. The Morgan fingerprint density at radius 2 is 1.87 bits per heavy atom. The molecule has 4 heterocycles. The van der Waals surface area contributed by atoms with Gasteiger partial charge in [-0.1, -0.05) is 18.2 Å². The summed E-state index contributed by atoms with van der Waals surface area (Å²) in [5.41, 5.74) is 0.851. The first kappa shape index (κ1) is 23.3. The molecule has 10 heteroatoms. The van der Waals surface area contributed by atoms with E-state index in [1.807, 2.05) is 55.5 Å². The van der Waals surface area contributed by atoms with E-state index in [2.05, 4.69) is 15.3 Å². The van der Waals surface area contributed by atoms with Gasteiger partial charge in [-0.2, -0.15) is 0 Å². The van der Waals surface area contributed by atoms with Crippen molar-refractivity contribution in [3.63, 3.8) is 0 Å². The van der Waals surface area contributed by atoms with Gasteiger partial charge in [0.25, 0.3) is 11.5 Å². The summed E-state index contributed by atoms with van der Waals surface area (Å²) in [7, 11) is 1.60. The minimum atomic E-state index is -0.599. The molecule has 38 heavy (non-hydrogen) atoms. The quantitative estimate of drug-likeness (QED) is 0.361. The molecule has 0 fully saturated rings. The van der Waals surface area contributed by atoms with Gasteiger partial charge in [-0.25, -0.2) is 14.3 Å². The van der Waals surface area contributed by atoms with Crippen LogP contribution in [-0.4, -0.2) is 38.5 Å². The molecular formula is C28H23N5O5. The molecule has 6 rings (SSSR count). The van der Waals surface area contributed by atoms with Gasteiger partial charge in [0.15, 0.2) is 5.56 Å². The number of hydrogen-bond donors (Lipinski definition) is 1. The number of methoxy groups -OCH3 is 1. The van der Waals surface area contributed by atoms with Crippen molar-refractivity contribution in [3.8, 4) is 28.8 Å². The number of nitrogens with zero attached hydrogens (tertiary/aromatic N) is 4. The Kier molecular flexibility index (Phi) is 5.76. The molecule has 0 spiro atoms. The summed E-state index contributed by atoms with van der Waals surface area (Å²) in [6.45, 7) is 2.34. The summed E-state index contributed by atoms with van der Waals surface area (Å²) in [6, 6.07) is 19.7. The lowest BCUT2D eigenvalue weighted by Crippen LogP contribution is -2.28. The lowest BCUT2D eigenvalue weighted by atomic mass is 10.2. The van der Waals surface area contributed by atoms with Crippen LogP contribution in [0.25, 0.3) is 16.6 Å². The molecule has 0 radical (unpaired) electrons. The Labute approximate surface area is 217 Å². The summed E-state index contributed by atoms with van der Waals surface area (Å²) < 4.78 is 20.3. The van der Waals surface area contributed by atoms with E-state index in [9.17, 15) is 9.59 Å². The lowest BCUT2D eigenvalue weighted by Gasteiger charge is -2.10. The van der Waals surface area contributed by atoms with E-state index in [0.717, 1.165) is 10.9 Å². The zero-order chi connectivity index (χ0) is 26.2. The molecule has 3 aromatic heterocycles. The zero-order valence-electron chi connectivity index (χ0n) is 20.6. The van der Waals surface area contributed by atoms with Gasteiger partial charge in [-0.15, -0.1) is 0 Å². The number of hydrogen-bond acceptors (Lipinski definition) is 7. The summed E-state index contributed by atoms with van der Waals surface area (Å²) in [5, 5.41) is 3.52. The fraction of sp³-hybridized carbons (Fsp3) is 0.143. The first-order valence-electron chi connectivity index (χ1n) is 12.0. The Bertz CT molecular complexity index is 1710. The van der Waals surface area contributed by atoms with Gasteiger partial charge in [0.1, 0.15) is 29.2 Å². The minimum Gasteiger partial charge on any atom is -0.497 e. The van der Waals surface area contributed by atoms with E-state index in [-0.39, 0.29) is 23.4 Å². The molecule has 190 valence electrons. The van der Waals surface area contributed by atoms with Crippen LogP contribution in [0.5, 0.6) is 23.1 Å². The molecule has 1 amide bonds. The van der Waals surface area contributed by atoms with Crippen LogP contribution >= 0.6 is 0 Å². The summed E-state index contributed by atoms with van der Waals surface area (Å²) in [6.07, 6.45) is 2.98. The van der Waals surface area contributed by atoms with Crippen LogP contribution in [0.4, 0.5) is 5.82 Å². The first-order chi connectivity index (χ1) is 18.5. The second-order valence-electron chi connectivity index (χ2n) is 8.77. The summed E-state index contributed by atoms with van der Waals surface area (Å²) >= 11 is 0. The fourth-order valence-corrected chi connectivity index (χ4v) is 4.44. The maximum atomic E-state index is 13.3. The Morgan fingerprint density at radius 3 is 2.63 bits per heavy atom. The molecule has 0 saturated carbocycles. The van der Waals surface area contributed by atoms with Crippen molar-refractivity contribution in [3.05, 3.63) is 95.0 Å². The van der Waals surface area contributed by atoms with Crippen LogP contribution < -0.4 is 25.1 Å². The van der Waals surface area contributed by atoms with Gasteiger partial charge in [-0.3, -0.25) is 14.6 Å². The van der Waals surface area contributed by atoms with Crippen LogP contribution in [0.15, 0.2) is 83.9 Å². The fourth-order valence-electron chi connectivity index (χ4n) is 4.44. The first-order valence-corrected chi connectivity index (χ1v) is 12.0. The van der Waals surface area contributed by atoms with Gasteiger partial charge in [0.2, 0.25) is 5.88 Å². The van der Waals surface area contributed by atoms with E-state index >= 15 is 0 Å². The highest BCUT2D eigenvalue weighted by Crippen LogP contribution is 2.31. The normalized spacial score (nSPS) is 14.1. The maximum Gasteiger partial charge on any atom is 0.288 e. The molecular weight excluding hydrogens is 486 g/mol. The summed E-state index contributed by atoms with van der Waals surface area (Å²) in [4.78, 5) is 35.2. The van der Waals surface area contributed by atoms with E-state index < -0.39 is 11.5 Å². The molecule has 1 aliphatic rings. The van der Waals surface area contributed by atoms with Gasteiger partial charge in [0, 0.05) is 17.6 Å². The number of benzene rings is 2. The van der Waals surface area contributed by atoms with Gasteiger partial charge in [-0.05, 0) is 49.4 Å². The number of carbonyl (C=O) groups excluding carboxylic acids is 1. The molecule has 1 N–H and O–H groups in total. The maximum absolute atomic E-state index is 13.3. The second-order valence-corrected chi connectivity index (χ2v) is 8.77. The van der Waals surface area contributed by atoms with Crippen molar-refractivity contribution in [1.82, 2.24) is 19.3 Å². The smallest absolute Gasteiger partial charge is 0.288 e. The van der Waals surface area contributed by atoms with Crippen LogP contribution in [0.3, 0.4) is 0 Å². The van der Waals surface area contributed by atoms with Crippen molar-refractivity contribution >= 4 is 22.6 Å². The van der Waals surface area contributed by atoms with Crippen molar-refractivity contribution in [1.29, 1.82) is 0 Å².